The van der Waals surface area contributed by atoms with Gasteiger partial charge in [0, 0.05) is 5.56 Å². The molecule has 2 rings (SSSR count). The number of hydrogen-bond donors (Lipinski definition) is 1. The van der Waals surface area contributed by atoms with Gasteiger partial charge in [-0.2, -0.15) is 0 Å². The first-order chi connectivity index (χ1) is 8.22. The number of nitrogens with one attached hydrogen (secondary N) is 1. The summed E-state index contributed by atoms with van der Waals surface area (Å²) < 4.78 is 18.5. The van der Waals surface area contributed by atoms with E-state index in [0.29, 0.717) is 6.54 Å². The second-order valence-corrected chi connectivity index (χ2v) is 4.07. The second kappa shape index (κ2) is 5.34. The van der Waals surface area contributed by atoms with Crippen LogP contribution in [0.15, 0.2) is 34.9 Å². The van der Waals surface area contributed by atoms with Crippen LogP contribution in [0.1, 0.15) is 12.7 Å². The number of rotatable bonds is 4. The molecule has 0 bridgehead atoms. The highest BCUT2D eigenvalue weighted by molar-refractivity contribution is 6.31. The Labute approximate surface area is 104 Å². The molecule has 2 nitrogen and oxygen atoms in total. The van der Waals surface area contributed by atoms with E-state index in [4.69, 9.17) is 16.0 Å². The predicted octanol–water partition coefficient (Wildman–Crippen LogP) is 3.85. The van der Waals surface area contributed by atoms with Crippen molar-refractivity contribution in [3.05, 3.63) is 47.1 Å². The Morgan fingerprint density at radius 2 is 2.18 bits per heavy atom. The fourth-order valence-electron chi connectivity index (χ4n) is 1.64. The van der Waals surface area contributed by atoms with Crippen LogP contribution in [0.3, 0.4) is 0 Å². The number of benzene rings is 1. The molecule has 2 aromatic rings. The molecule has 0 aliphatic heterocycles. The van der Waals surface area contributed by atoms with Crippen LogP contribution in [-0.4, -0.2) is 6.54 Å². The van der Waals surface area contributed by atoms with Crippen LogP contribution in [-0.2, 0) is 6.54 Å². The molecule has 0 amide bonds. The quantitative estimate of drug-likeness (QED) is 0.895. The molecule has 0 aliphatic rings. The van der Waals surface area contributed by atoms with Gasteiger partial charge in [0.1, 0.15) is 11.6 Å². The van der Waals surface area contributed by atoms with Crippen LogP contribution in [0.4, 0.5) is 4.39 Å². The first-order valence-corrected chi connectivity index (χ1v) is 5.82. The first kappa shape index (κ1) is 12.1. The number of halogens is 2. The van der Waals surface area contributed by atoms with E-state index in [0.717, 1.165) is 23.4 Å². The molecule has 1 aromatic heterocycles. The van der Waals surface area contributed by atoms with E-state index < -0.39 is 5.82 Å². The molecule has 1 heterocycles. The summed E-state index contributed by atoms with van der Waals surface area (Å²) in [6.07, 6.45) is 1.62. The SMILES string of the molecule is CCNCc1occc1-c1ccc(F)c(Cl)c1. The molecular formula is C13H13ClFNO. The molecule has 90 valence electrons. The molecule has 17 heavy (non-hydrogen) atoms. The van der Waals surface area contributed by atoms with Gasteiger partial charge in [-0.15, -0.1) is 0 Å². The van der Waals surface area contributed by atoms with Gasteiger partial charge in [-0.25, -0.2) is 4.39 Å². The lowest BCUT2D eigenvalue weighted by atomic mass is 10.1. The van der Waals surface area contributed by atoms with Crippen molar-refractivity contribution in [2.24, 2.45) is 0 Å². The molecule has 0 spiro atoms. The van der Waals surface area contributed by atoms with Crippen molar-refractivity contribution in [2.75, 3.05) is 6.54 Å². The van der Waals surface area contributed by atoms with Crippen molar-refractivity contribution in [1.29, 1.82) is 0 Å². The van der Waals surface area contributed by atoms with Gasteiger partial charge in [-0.3, -0.25) is 0 Å². The van der Waals surface area contributed by atoms with E-state index in [1.54, 1.807) is 18.4 Å². The van der Waals surface area contributed by atoms with Crippen LogP contribution >= 0.6 is 11.6 Å². The average molecular weight is 254 g/mol. The van der Waals surface area contributed by atoms with Crippen LogP contribution in [0.2, 0.25) is 5.02 Å². The van der Waals surface area contributed by atoms with Gasteiger partial charge in [0.2, 0.25) is 0 Å². The maximum atomic E-state index is 13.1. The molecule has 0 saturated heterocycles. The van der Waals surface area contributed by atoms with Gasteiger partial charge < -0.3 is 9.73 Å². The summed E-state index contributed by atoms with van der Waals surface area (Å²) in [6, 6.07) is 6.52. The van der Waals surface area contributed by atoms with Crippen molar-refractivity contribution < 1.29 is 8.81 Å². The van der Waals surface area contributed by atoms with E-state index in [2.05, 4.69) is 5.32 Å². The van der Waals surface area contributed by atoms with Gasteiger partial charge in [0.15, 0.2) is 0 Å². The molecule has 1 N–H and O–H groups in total. The third-order valence-corrected chi connectivity index (χ3v) is 2.80. The lowest BCUT2D eigenvalue weighted by molar-refractivity contribution is 0.489. The lowest BCUT2D eigenvalue weighted by Crippen LogP contribution is -2.11. The third-order valence-electron chi connectivity index (χ3n) is 2.51. The zero-order valence-electron chi connectivity index (χ0n) is 9.47. The number of hydrogen-bond acceptors (Lipinski definition) is 2. The molecule has 0 fully saturated rings. The Balaban J connectivity index is 2.32. The third kappa shape index (κ3) is 2.68. The van der Waals surface area contributed by atoms with E-state index in [-0.39, 0.29) is 5.02 Å². The molecule has 0 unspecified atom stereocenters. The zero-order valence-corrected chi connectivity index (χ0v) is 10.2. The van der Waals surface area contributed by atoms with Crippen LogP contribution in [0.5, 0.6) is 0 Å². The first-order valence-electron chi connectivity index (χ1n) is 5.45. The van der Waals surface area contributed by atoms with E-state index in [1.807, 2.05) is 13.0 Å². The highest BCUT2D eigenvalue weighted by Gasteiger charge is 2.10. The van der Waals surface area contributed by atoms with Gasteiger partial charge in [-0.05, 0) is 30.3 Å². The maximum absolute atomic E-state index is 13.1. The Morgan fingerprint density at radius 3 is 2.88 bits per heavy atom. The van der Waals surface area contributed by atoms with Crippen molar-refractivity contribution in [2.45, 2.75) is 13.5 Å². The smallest absolute Gasteiger partial charge is 0.141 e. The predicted molar refractivity (Wildman–Crippen MR) is 66.5 cm³/mol. The van der Waals surface area contributed by atoms with Crippen molar-refractivity contribution >= 4 is 11.6 Å². The maximum Gasteiger partial charge on any atom is 0.141 e. The lowest BCUT2D eigenvalue weighted by Gasteiger charge is -2.04. The normalized spacial score (nSPS) is 10.8. The Morgan fingerprint density at radius 1 is 1.35 bits per heavy atom. The van der Waals surface area contributed by atoms with Crippen LogP contribution in [0, 0.1) is 5.82 Å². The van der Waals surface area contributed by atoms with Crippen molar-refractivity contribution in [3.63, 3.8) is 0 Å². The van der Waals surface area contributed by atoms with E-state index in [9.17, 15) is 4.39 Å². The fourth-order valence-corrected chi connectivity index (χ4v) is 1.82. The summed E-state index contributed by atoms with van der Waals surface area (Å²) in [5.74, 6) is 0.418. The molecule has 0 radical (unpaired) electrons. The van der Waals surface area contributed by atoms with Crippen molar-refractivity contribution in [1.82, 2.24) is 5.32 Å². The molecular weight excluding hydrogens is 241 g/mol. The Bertz CT molecular complexity index is 510. The summed E-state index contributed by atoms with van der Waals surface area (Å²) in [5, 5.41) is 3.31. The number of furan rings is 1. The van der Waals surface area contributed by atoms with Gasteiger partial charge in [-0.1, -0.05) is 24.6 Å². The molecule has 0 aliphatic carbocycles. The summed E-state index contributed by atoms with van der Waals surface area (Å²) in [4.78, 5) is 0. The highest BCUT2D eigenvalue weighted by Crippen LogP contribution is 2.28. The minimum atomic E-state index is -0.410. The second-order valence-electron chi connectivity index (χ2n) is 3.67. The summed E-state index contributed by atoms with van der Waals surface area (Å²) in [5.41, 5.74) is 1.80. The summed E-state index contributed by atoms with van der Waals surface area (Å²) in [6.45, 7) is 3.54. The van der Waals surface area contributed by atoms with E-state index >= 15 is 0 Å². The van der Waals surface area contributed by atoms with Crippen LogP contribution in [0.25, 0.3) is 11.1 Å². The largest absolute Gasteiger partial charge is 0.467 e. The summed E-state index contributed by atoms with van der Waals surface area (Å²) >= 11 is 5.77. The highest BCUT2D eigenvalue weighted by atomic mass is 35.5. The molecule has 0 atom stereocenters. The van der Waals surface area contributed by atoms with Crippen LogP contribution < -0.4 is 5.32 Å². The fraction of sp³-hybridized carbons (Fsp3) is 0.231. The summed E-state index contributed by atoms with van der Waals surface area (Å²) in [7, 11) is 0. The topological polar surface area (TPSA) is 25.2 Å². The van der Waals surface area contributed by atoms with Gasteiger partial charge >= 0.3 is 0 Å². The Hall–Kier alpha value is -1.32. The molecule has 4 heteroatoms. The van der Waals surface area contributed by atoms with Gasteiger partial charge in [0.25, 0.3) is 0 Å². The monoisotopic (exact) mass is 253 g/mol. The zero-order chi connectivity index (χ0) is 12.3. The van der Waals surface area contributed by atoms with Crippen molar-refractivity contribution in [3.8, 4) is 11.1 Å². The molecule has 0 saturated carbocycles. The van der Waals surface area contributed by atoms with Gasteiger partial charge in [0.05, 0.1) is 17.8 Å². The minimum Gasteiger partial charge on any atom is -0.467 e. The molecule has 1 aromatic carbocycles. The average Bonchev–Trinajstić information content (AvgIpc) is 2.78. The van der Waals surface area contributed by atoms with E-state index in [1.165, 1.54) is 6.07 Å². The minimum absolute atomic E-state index is 0.123. The Kier molecular flexibility index (Phi) is 3.82. The standard InChI is InChI=1S/C13H13ClFNO/c1-2-16-8-13-10(5-6-17-13)9-3-4-12(15)11(14)7-9/h3-7,16H,2,8H2,1H3.